The van der Waals surface area contributed by atoms with Gasteiger partial charge in [0.2, 0.25) is 5.91 Å². The first kappa shape index (κ1) is 18.7. The number of hydrogen-bond donors (Lipinski definition) is 2. The van der Waals surface area contributed by atoms with Crippen molar-refractivity contribution in [3.8, 4) is 0 Å². The van der Waals surface area contributed by atoms with Crippen molar-refractivity contribution < 1.29 is 14.0 Å². The molecule has 0 unspecified atom stereocenters. The molecule has 0 aliphatic heterocycles. The van der Waals surface area contributed by atoms with E-state index in [1.807, 2.05) is 32.9 Å². The van der Waals surface area contributed by atoms with Gasteiger partial charge in [-0.15, -0.1) is 0 Å². The van der Waals surface area contributed by atoms with E-state index >= 15 is 0 Å². The number of nitrogens with one attached hydrogen (secondary N) is 2. The molecule has 0 aromatic carbocycles. The van der Waals surface area contributed by atoms with Crippen molar-refractivity contribution >= 4 is 11.8 Å². The van der Waals surface area contributed by atoms with Crippen LogP contribution in [-0.4, -0.2) is 29.9 Å². The molecule has 0 spiro atoms. The summed E-state index contributed by atoms with van der Waals surface area (Å²) in [7, 11) is 0. The number of aryl methyl sites for hydroxylation is 1. The number of amides is 2. The molecule has 25 heavy (non-hydrogen) atoms. The van der Waals surface area contributed by atoms with E-state index in [1.54, 1.807) is 18.5 Å². The van der Waals surface area contributed by atoms with Crippen molar-refractivity contribution in [2.75, 3.05) is 13.1 Å². The molecule has 0 saturated carbocycles. The van der Waals surface area contributed by atoms with Gasteiger partial charge in [0.15, 0.2) is 5.76 Å². The average Bonchev–Trinajstić information content (AvgIpc) is 3.01. The Bertz CT molecular complexity index is 695. The summed E-state index contributed by atoms with van der Waals surface area (Å²) in [6.45, 7) is 6.85. The first-order valence-electron chi connectivity index (χ1n) is 8.50. The molecule has 0 fully saturated rings. The van der Waals surface area contributed by atoms with E-state index in [0.29, 0.717) is 25.3 Å². The van der Waals surface area contributed by atoms with E-state index in [1.165, 1.54) is 6.26 Å². The quantitative estimate of drug-likeness (QED) is 0.722. The van der Waals surface area contributed by atoms with Gasteiger partial charge in [-0.2, -0.15) is 0 Å². The highest BCUT2D eigenvalue weighted by atomic mass is 16.3. The number of pyridine rings is 1. The number of rotatable bonds is 8. The Morgan fingerprint density at radius 2 is 1.80 bits per heavy atom. The molecule has 2 rings (SSSR count). The Morgan fingerprint density at radius 1 is 1.12 bits per heavy atom. The van der Waals surface area contributed by atoms with Crippen molar-refractivity contribution in [3.63, 3.8) is 0 Å². The summed E-state index contributed by atoms with van der Waals surface area (Å²) in [5.74, 6) is 0.0778. The maximum absolute atomic E-state index is 12.5. The van der Waals surface area contributed by atoms with Crippen LogP contribution in [0.5, 0.6) is 0 Å². The standard InChI is InChI=1S/C19H25N3O3/c1-13(2)16(15-5-10-20-11-6-15)18(23)21-8-4-9-22-19(24)17-14(3)7-12-25-17/h5-7,10-13,16H,4,8-9H2,1-3H3,(H,21,23)(H,22,24)/t16-/m1/s1. The van der Waals surface area contributed by atoms with Crippen LogP contribution in [-0.2, 0) is 4.79 Å². The first-order valence-corrected chi connectivity index (χ1v) is 8.50. The van der Waals surface area contributed by atoms with Crippen LogP contribution >= 0.6 is 0 Å². The van der Waals surface area contributed by atoms with E-state index < -0.39 is 0 Å². The minimum absolute atomic E-state index is 0.00518. The molecule has 2 amide bonds. The number of aromatic nitrogens is 1. The van der Waals surface area contributed by atoms with E-state index in [0.717, 1.165) is 11.1 Å². The van der Waals surface area contributed by atoms with Gasteiger partial charge >= 0.3 is 0 Å². The molecule has 0 radical (unpaired) electrons. The lowest BCUT2D eigenvalue weighted by Crippen LogP contribution is -2.34. The molecular weight excluding hydrogens is 318 g/mol. The van der Waals surface area contributed by atoms with Crippen LogP contribution in [0, 0.1) is 12.8 Å². The maximum Gasteiger partial charge on any atom is 0.287 e. The third kappa shape index (κ3) is 5.17. The Morgan fingerprint density at radius 3 is 2.40 bits per heavy atom. The second-order valence-corrected chi connectivity index (χ2v) is 6.34. The molecule has 134 valence electrons. The largest absolute Gasteiger partial charge is 0.459 e. The predicted octanol–water partition coefficient (Wildman–Crippen LogP) is 2.66. The molecule has 2 aromatic rings. The number of hydrogen-bond acceptors (Lipinski definition) is 4. The molecule has 1 atom stereocenters. The maximum atomic E-state index is 12.5. The SMILES string of the molecule is Cc1ccoc1C(=O)NCCCNC(=O)[C@@H](c1ccncc1)C(C)C. The van der Waals surface area contributed by atoms with E-state index in [2.05, 4.69) is 15.6 Å². The van der Waals surface area contributed by atoms with E-state index in [4.69, 9.17) is 4.42 Å². The van der Waals surface area contributed by atoms with Gasteiger partial charge in [-0.3, -0.25) is 14.6 Å². The van der Waals surface area contributed by atoms with E-state index in [-0.39, 0.29) is 23.7 Å². The van der Waals surface area contributed by atoms with Gasteiger partial charge in [0.1, 0.15) is 0 Å². The second kappa shape index (κ2) is 9.01. The second-order valence-electron chi connectivity index (χ2n) is 6.34. The predicted molar refractivity (Wildman–Crippen MR) is 95.2 cm³/mol. The zero-order valence-electron chi connectivity index (χ0n) is 14.9. The van der Waals surface area contributed by atoms with Gasteiger partial charge in [-0.25, -0.2) is 0 Å². The highest BCUT2D eigenvalue weighted by Gasteiger charge is 2.23. The lowest BCUT2D eigenvalue weighted by atomic mass is 9.88. The Hall–Kier alpha value is -2.63. The third-order valence-corrected chi connectivity index (χ3v) is 4.02. The van der Waals surface area contributed by atoms with E-state index in [9.17, 15) is 9.59 Å². The summed E-state index contributed by atoms with van der Waals surface area (Å²) in [6.07, 6.45) is 5.54. The minimum Gasteiger partial charge on any atom is -0.459 e. The topological polar surface area (TPSA) is 84.2 Å². The molecule has 0 aliphatic carbocycles. The fraction of sp³-hybridized carbons (Fsp3) is 0.421. The smallest absolute Gasteiger partial charge is 0.287 e. The highest BCUT2D eigenvalue weighted by Crippen LogP contribution is 2.23. The Labute approximate surface area is 148 Å². The van der Waals surface area contributed by atoms with Crippen molar-refractivity contribution in [1.29, 1.82) is 0 Å². The van der Waals surface area contributed by atoms with Crippen LogP contribution in [0.3, 0.4) is 0 Å². The average molecular weight is 343 g/mol. The summed E-state index contributed by atoms with van der Waals surface area (Å²) < 4.78 is 5.14. The van der Waals surface area contributed by atoms with Crippen molar-refractivity contribution in [3.05, 3.63) is 53.7 Å². The van der Waals surface area contributed by atoms with Crippen LogP contribution in [0.2, 0.25) is 0 Å². The molecular formula is C19H25N3O3. The fourth-order valence-electron chi connectivity index (χ4n) is 2.71. The number of carbonyl (C=O) groups is 2. The number of furan rings is 1. The van der Waals surface area contributed by atoms with Gasteiger partial charge in [0.05, 0.1) is 12.2 Å². The molecule has 0 bridgehead atoms. The van der Waals surface area contributed by atoms with Crippen LogP contribution < -0.4 is 10.6 Å². The summed E-state index contributed by atoms with van der Waals surface area (Å²) in [5, 5.41) is 5.74. The zero-order chi connectivity index (χ0) is 18.2. The van der Waals surface area contributed by atoms with Crippen LogP contribution in [0.1, 0.15) is 47.9 Å². The normalized spacial score (nSPS) is 12.0. The van der Waals surface area contributed by atoms with Gasteiger partial charge in [0, 0.05) is 31.0 Å². The van der Waals surface area contributed by atoms with Crippen molar-refractivity contribution in [2.45, 2.75) is 33.1 Å². The summed E-state index contributed by atoms with van der Waals surface area (Å²) in [4.78, 5) is 28.4. The molecule has 2 heterocycles. The Kier molecular flexibility index (Phi) is 6.74. The minimum atomic E-state index is -0.231. The highest BCUT2D eigenvalue weighted by molar-refractivity contribution is 5.92. The lowest BCUT2D eigenvalue weighted by Gasteiger charge is -2.20. The van der Waals surface area contributed by atoms with Gasteiger partial charge in [-0.05, 0) is 43.0 Å². The van der Waals surface area contributed by atoms with Gasteiger partial charge in [0.25, 0.3) is 5.91 Å². The molecule has 6 heteroatoms. The van der Waals surface area contributed by atoms with Crippen molar-refractivity contribution in [2.24, 2.45) is 5.92 Å². The molecule has 0 saturated heterocycles. The number of nitrogens with zero attached hydrogens (tertiary/aromatic N) is 1. The molecule has 2 aromatic heterocycles. The van der Waals surface area contributed by atoms with Crippen LogP contribution in [0.15, 0.2) is 41.3 Å². The zero-order valence-corrected chi connectivity index (χ0v) is 14.9. The first-order chi connectivity index (χ1) is 12.0. The van der Waals surface area contributed by atoms with Gasteiger partial charge < -0.3 is 15.1 Å². The van der Waals surface area contributed by atoms with Crippen molar-refractivity contribution in [1.82, 2.24) is 15.6 Å². The monoisotopic (exact) mass is 343 g/mol. The third-order valence-electron chi connectivity index (χ3n) is 4.02. The fourth-order valence-corrected chi connectivity index (χ4v) is 2.71. The molecule has 6 nitrogen and oxygen atoms in total. The Balaban J connectivity index is 1.76. The summed E-state index contributed by atoms with van der Waals surface area (Å²) >= 11 is 0. The summed E-state index contributed by atoms with van der Waals surface area (Å²) in [6, 6.07) is 5.49. The molecule has 0 aliphatic rings. The van der Waals surface area contributed by atoms with Crippen LogP contribution in [0.4, 0.5) is 0 Å². The van der Waals surface area contributed by atoms with Gasteiger partial charge in [-0.1, -0.05) is 13.8 Å². The van der Waals surface area contributed by atoms with Crippen LogP contribution in [0.25, 0.3) is 0 Å². The summed E-state index contributed by atoms with van der Waals surface area (Å²) in [5.41, 5.74) is 1.77. The lowest BCUT2D eigenvalue weighted by molar-refractivity contribution is -0.123. The number of carbonyl (C=O) groups excluding carboxylic acids is 2. The molecule has 2 N–H and O–H groups in total.